The number of hydrogen-bond donors (Lipinski definition) is 0. The van der Waals surface area contributed by atoms with E-state index in [1.807, 2.05) is 6.92 Å². The van der Waals surface area contributed by atoms with E-state index in [0.29, 0.717) is 36.2 Å². The number of halogens is 2. The molecule has 0 saturated carbocycles. The third-order valence-electron chi connectivity index (χ3n) is 9.42. The van der Waals surface area contributed by atoms with Crippen molar-refractivity contribution in [3.63, 3.8) is 0 Å². The molecule has 0 spiro atoms. The first-order valence-corrected chi connectivity index (χ1v) is 21.4. The molecule has 1 aliphatic heterocycles. The van der Waals surface area contributed by atoms with Crippen molar-refractivity contribution in [2.45, 2.75) is 194 Å². The molecule has 8 nitrogen and oxygen atoms in total. The molecule has 0 radical (unpaired) electrons. The number of carbonyl (C=O) groups is 2. The lowest BCUT2D eigenvalue weighted by Crippen LogP contribution is -3.00. The van der Waals surface area contributed by atoms with Crippen LogP contribution in [0.4, 0.5) is 0 Å². The molecule has 0 bridgehead atoms. The maximum absolute atomic E-state index is 12.6. The van der Waals surface area contributed by atoms with Gasteiger partial charge in [-0.05, 0) is 25.7 Å². The number of carbonyl (C=O) groups excluding carboxylic acids is 2. The molecular formula is C40H73ClIN3O5S. The Morgan fingerprint density at radius 1 is 0.745 bits per heavy atom. The monoisotopic (exact) mass is 869 g/mol. The highest BCUT2D eigenvalue weighted by Crippen LogP contribution is 2.32. The first kappa shape index (κ1) is 50.0. The Morgan fingerprint density at radius 2 is 1.25 bits per heavy atom. The lowest BCUT2D eigenvalue weighted by molar-refractivity contribution is -0.947. The topological polar surface area (TPSA) is 87.6 Å². The molecule has 3 atom stereocenters. The van der Waals surface area contributed by atoms with Crippen molar-refractivity contribution in [2.24, 2.45) is 0 Å². The molecular weight excluding hydrogens is 797 g/mol. The summed E-state index contributed by atoms with van der Waals surface area (Å²) in [6.45, 7) is 13.1. The Labute approximate surface area is 338 Å². The Morgan fingerprint density at radius 3 is 1.78 bits per heavy atom. The fourth-order valence-corrected chi connectivity index (χ4v) is 6.88. The summed E-state index contributed by atoms with van der Waals surface area (Å²) in [7, 11) is 2.20. The molecule has 3 unspecified atom stereocenters. The van der Waals surface area contributed by atoms with Crippen molar-refractivity contribution in [2.75, 3.05) is 26.7 Å². The molecule has 0 fully saturated rings. The van der Waals surface area contributed by atoms with E-state index in [2.05, 4.69) is 49.6 Å². The predicted octanol–water partition coefficient (Wildman–Crippen LogP) is 8.80. The van der Waals surface area contributed by atoms with Crippen LogP contribution in [-0.2, 0) is 19.1 Å². The molecule has 0 aliphatic carbocycles. The van der Waals surface area contributed by atoms with Gasteiger partial charge in [0.15, 0.2) is 5.56 Å². The van der Waals surface area contributed by atoms with E-state index in [0.717, 1.165) is 69.3 Å². The van der Waals surface area contributed by atoms with Gasteiger partial charge in [-0.3, -0.25) is 14.1 Å². The van der Waals surface area contributed by atoms with Gasteiger partial charge in [0.25, 0.3) is 5.88 Å². The molecule has 1 aromatic heterocycles. The summed E-state index contributed by atoms with van der Waals surface area (Å²) in [6, 6.07) is 0. The maximum atomic E-state index is 12.6. The molecule has 11 heteroatoms. The van der Waals surface area contributed by atoms with Gasteiger partial charge in [0.05, 0.1) is 31.9 Å². The van der Waals surface area contributed by atoms with Gasteiger partial charge in [-0.15, -0.1) is 4.37 Å². The van der Waals surface area contributed by atoms with Crippen LogP contribution in [0.25, 0.3) is 5.57 Å². The van der Waals surface area contributed by atoms with Crippen LogP contribution in [0.1, 0.15) is 188 Å². The van der Waals surface area contributed by atoms with E-state index in [1.54, 1.807) is 0 Å². The zero-order valence-electron chi connectivity index (χ0n) is 33.2. The molecule has 1 aromatic rings. The first-order valence-electron chi connectivity index (χ1n) is 20.3. The largest absolute Gasteiger partial charge is 1.00 e. The molecule has 2 rings (SSSR count). The summed E-state index contributed by atoms with van der Waals surface area (Å²) in [5.74, 6) is 0.447. The van der Waals surface area contributed by atoms with Crippen molar-refractivity contribution in [1.82, 2.24) is 8.75 Å². The van der Waals surface area contributed by atoms with Crippen LogP contribution in [0.15, 0.2) is 6.08 Å². The van der Waals surface area contributed by atoms with E-state index in [9.17, 15) is 9.59 Å². The van der Waals surface area contributed by atoms with Crippen LogP contribution in [0.2, 0.25) is 0 Å². The van der Waals surface area contributed by atoms with E-state index in [-0.39, 0.29) is 42.1 Å². The predicted molar refractivity (Wildman–Crippen MR) is 209 cm³/mol. The summed E-state index contributed by atoms with van der Waals surface area (Å²) >= 11 is 6.93. The van der Waals surface area contributed by atoms with Gasteiger partial charge in [-0.25, -0.2) is 0 Å². The van der Waals surface area contributed by atoms with E-state index >= 15 is 0 Å². The molecule has 298 valence electrons. The second-order valence-corrected chi connectivity index (χ2v) is 15.1. The van der Waals surface area contributed by atoms with Gasteiger partial charge in [-0.2, -0.15) is 4.37 Å². The number of likely N-dealkylation sites (N-methyl/N-ethyl adjacent to an activating group) is 1. The Hall–Kier alpha value is -0.980. The van der Waals surface area contributed by atoms with Crippen LogP contribution >= 0.6 is 23.3 Å². The molecule has 2 heterocycles. The number of unbranched alkanes of at least 4 members (excludes halogenated alkanes) is 15. The summed E-state index contributed by atoms with van der Waals surface area (Å²) in [4.78, 5) is 23.8. The molecule has 1 aliphatic rings. The second-order valence-electron chi connectivity index (χ2n) is 14.1. The number of quaternary nitrogens is 1. The quantitative estimate of drug-likeness (QED) is 0.0274. The minimum Gasteiger partial charge on any atom is -1.00 e. The maximum Gasteiger partial charge on any atom is 0.310 e. The number of ether oxygens (including phenoxy) is 3. The average Bonchev–Trinajstić information content (AvgIpc) is 3.58. The zero-order chi connectivity index (χ0) is 36.9. The van der Waals surface area contributed by atoms with Gasteiger partial charge in [-0.1, -0.05) is 149 Å². The second kappa shape index (κ2) is 32.5. The number of esters is 2. The van der Waals surface area contributed by atoms with Crippen LogP contribution in [0, 0.1) is 0 Å². The first-order chi connectivity index (χ1) is 24.2. The number of nitrogens with zero attached hydrogens (tertiary/aromatic N) is 3. The zero-order valence-corrected chi connectivity index (χ0v) is 36.9. The molecule has 0 N–H and O–H groups in total. The van der Waals surface area contributed by atoms with Gasteiger partial charge in [0.2, 0.25) is 6.23 Å². The molecule has 0 aromatic carbocycles. The van der Waals surface area contributed by atoms with Crippen LogP contribution < -0.4 is 28.7 Å². The fourth-order valence-electron chi connectivity index (χ4n) is 6.25. The van der Waals surface area contributed by atoms with Crippen molar-refractivity contribution in [1.29, 1.82) is 0 Å². The highest BCUT2D eigenvalue weighted by molar-refractivity contribution is 6.99. The minimum absolute atomic E-state index is 0. The number of alkyl halides is 1. The van der Waals surface area contributed by atoms with Crippen LogP contribution in [0.5, 0.6) is 5.88 Å². The standard InChI is InChI=1S/C27H48N3O3S.C13H25ClO2.HI/c1-5-8-10-12-13-14-15-19-25(31)33-24(7-3)30(4)20-17-18-23(22-30)26-27(29-34-28-26)32-21-16-11-9-6-2;1-3-5-6-7-8-9-10-11-13(15)16-12(14)4-2;/h18,24H,5-17,19-22H2,1-4H3;12H,3-11H2,1-2H3;1H/q+1;;/p-1. The van der Waals surface area contributed by atoms with Crippen LogP contribution in [0.3, 0.4) is 0 Å². The van der Waals surface area contributed by atoms with Crippen LogP contribution in [-0.4, -0.2) is 63.7 Å². The third-order valence-corrected chi connectivity index (χ3v) is 10.3. The lowest BCUT2D eigenvalue weighted by Gasteiger charge is -2.42. The number of hydrogen-bond acceptors (Lipinski definition) is 8. The summed E-state index contributed by atoms with van der Waals surface area (Å²) in [5.41, 5.74) is 1.58. The Bertz CT molecular complexity index is 1050. The van der Waals surface area contributed by atoms with Crippen molar-refractivity contribution >= 4 is 40.8 Å². The van der Waals surface area contributed by atoms with Gasteiger partial charge < -0.3 is 38.2 Å². The molecule has 51 heavy (non-hydrogen) atoms. The van der Waals surface area contributed by atoms with E-state index in [4.69, 9.17) is 25.8 Å². The SMILES string of the molecule is CCCCCCCCCC(=O)OC(CC)[N+]1(C)CCC=C(c2nsnc2OCCCCCC)C1.CCCCCCCCCC(=O)OC(Cl)CC.[I-]. The average molecular weight is 870 g/mol. The highest BCUT2D eigenvalue weighted by Gasteiger charge is 2.38. The molecule has 0 amide bonds. The number of rotatable bonds is 28. The van der Waals surface area contributed by atoms with Gasteiger partial charge >= 0.3 is 11.9 Å². The third kappa shape index (κ3) is 23.4. The smallest absolute Gasteiger partial charge is 0.310 e. The normalized spacial score (nSPS) is 16.6. The van der Waals surface area contributed by atoms with Gasteiger partial charge in [0.1, 0.15) is 12.2 Å². The van der Waals surface area contributed by atoms with Crippen molar-refractivity contribution < 1.29 is 52.3 Å². The lowest BCUT2D eigenvalue weighted by atomic mass is 10.0. The minimum atomic E-state index is -0.447. The summed E-state index contributed by atoms with van der Waals surface area (Å²) in [5, 5.41) is 0. The van der Waals surface area contributed by atoms with Crippen molar-refractivity contribution in [3.05, 3.63) is 11.8 Å². The summed E-state index contributed by atoms with van der Waals surface area (Å²) < 4.78 is 26.7. The van der Waals surface area contributed by atoms with Gasteiger partial charge in [0, 0.05) is 31.3 Å². The summed E-state index contributed by atoms with van der Waals surface area (Å²) in [6.07, 6.45) is 27.2. The Balaban J connectivity index is 0.00000124. The van der Waals surface area contributed by atoms with E-state index in [1.165, 1.54) is 95.2 Å². The number of aromatic nitrogens is 2. The molecule has 0 saturated heterocycles. The van der Waals surface area contributed by atoms with E-state index < -0.39 is 5.56 Å². The fraction of sp³-hybridized carbons (Fsp3) is 0.850. The highest BCUT2D eigenvalue weighted by atomic mass is 127. The van der Waals surface area contributed by atoms with Crippen molar-refractivity contribution in [3.8, 4) is 5.88 Å². The Kier molecular flexibility index (Phi) is 31.8.